The van der Waals surface area contributed by atoms with Crippen molar-refractivity contribution in [2.75, 3.05) is 0 Å². The molecule has 2 nitrogen and oxygen atoms in total. The summed E-state index contributed by atoms with van der Waals surface area (Å²) in [5, 5.41) is 10.3. The summed E-state index contributed by atoms with van der Waals surface area (Å²) in [6.45, 7) is 8.90. The molecule has 37 heavy (non-hydrogen) atoms. The van der Waals surface area contributed by atoms with Crippen LogP contribution in [0.25, 0.3) is 22.3 Å². The maximum atomic E-state index is 12.6. The lowest BCUT2D eigenvalue weighted by molar-refractivity contribution is 0.0698. The number of hydrogen-bond donors (Lipinski definition) is 1. The maximum Gasteiger partial charge on any atom is 0.336 e. The van der Waals surface area contributed by atoms with Crippen LogP contribution in [0.15, 0.2) is 60.7 Å². The van der Waals surface area contributed by atoms with Crippen LogP contribution >= 0.6 is 0 Å². The van der Waals surface area contributed by atoms with E-state index >= 15 is 0 Å². The van der Waals surface area contributed by atoms with E-state index in [2.05, 4.69) is 56.1 Å². The summed E-state index contributed by atoms with van der Waals surface area (Å²) in [5.41, 5.74) is 9.84. The fourth-order valence-corrected chi connectivity index (χ4v) is 4.90. The van der Waals surface area contributed by atoms with E-state index in [1.54, 1.807) is 0 Å². The van der Waals surface area contributed by atoms with Crippen molar-refractivity contribution >= 4 is 14.0 Å². The smallest absolute Gasteiger partial charge is 0.336 e. The summed E-state index contributed by atoms with van der Waals surface area (Å²) in [7, 11) is -1.48. The van der Waals surface area contributed by atoms with Gasteiger partial charge in [-0.1, -0.05) is 107 Å². The van der Waals surface area contributed by atoms with Gasteiger partial charge in [0.2, 0.25) is 0 Å². The van der Waals surface area contributed by atoms with Crippen molar-refractivity contribution in [2.24, 2.45) is 0 Å². The molecule has 3 rings (SSSR count). The number of benzene rings is 3. The molecule has 0 unspecified atom stereocenters. The molecule has 0 atom stereocenters. The Hall–Kier alpha value is -3.53. The molecule has 3 aromatic rings. The summed E-state index contributed by atoms with van der Waals surface area (Å²) in [4.78, 5) is 12.6. The molecule has 1 N–H and O–H groups in total. The van der Waals surface area contributed by atoms with Gasteiger partial charge in [-0.15, -0.1) is 12.0 Å². The Bertz CT molecular complexity index is 1310. The fraction of sp³-hybridized carbons (Fsp3) is 0.324. The standard InChI is InChI=1S/C34H38O2Si/c1-6-8-9-10-11-12-13-28-24-31(29-18-14-26(7-2)15-19-29)33(34(35)36)32(25-28)30-20-16-27(17-21-30)22-23-37(3,4)5/h2,14-21,24-25H,6,8-13H2,1,3-5H3,(H,35,36). The number of rotatable bonds is 10. The minimum absolute atomic E-state index is 0.320. The van der Waals surface area contributed by atoms with Crippen molar-refractivity contribution in [3.63, 3.8) is 0 Å². The number of aromatic carboxylic acids is 1. The van der Waals surface area contributed by atoms with E-state index in [9.17, 15) is 9.90 Å². The normalized spacial score (nSPS) is 10.9. The van der Waals surface area contributed by atoms with E-state index in [0.717, 1.165) is 51.8 Å². The molecule has 3 heteroatoms. The molecule has 0 radical (unpaired) electrons. The molecule has 0 aliphatic carbocycles. The van der Waals surface area contributed by atoms with Crippen LogP contribution in [-0.2, 0) is 6.42 Å². The largest absolute Gasteiger partial charge is 0.478 e. The molecule has 0 bridgehead atoms. The van der Waals surface area contributed by atoms with E-state index in [1.807, 2.05) is 48.5 Å². The zero-order chi connectivity index (χ0) is 26.8. The molecule has 0 fully saturated rings. The Morgan fingerprint density at radius 1 is 0.811 bits per heavy atom. The van der Waals surface area contributed by atoms with E-state index in [-0.39, 0.29) is 0 Å². The van der Waals surface area contributed by atoms with Crippen LogP contribution in [0.2, 0.25) is 19.6 Å². The lowest BCUT2D eigenvalue weighted by atomic mass is 9.88. The van der Waals surface area contributed by atoms with Crippen LogP contribution in [0.1, 0.15) is 72.5 Å². The zero-order valence-corrected chi connectivity index (χ0v) is 23.7. The van der Waals surface area contributed by atoms with Gasteiger partial charge >= 0.3 is 5.97 Å². The predicted octanol–water partition coefficient (Wildman–Crippen LogP) is 8.83. The van der Waals surface area contributed by atoms with E-state index < -0.39 is 14.0 Å². The van der Waals surface area contributed by atoms with Crippen molar-refractivity contribution in [2.45, 2.75) is 71.5 Å². The first-order chi connectivity index (χ1) is 17.7. The Kier molecular flexibility index (Phi) is 9.96. The quantitative estimate of drug-likeness (QED) is 0.169. The van der Waals surface area contributed by atoms with Gasteiger partial charge in [0.25, 0.3) is 0 Å². The maximum absolute atomic E-state index is 12.6. The van der Waals surface area contributed by atoms with Gasteiger partial charge in [-0.25, -0.2) is 4.79 Å². The number of aryl methyl sites for hydroxylation is 1. The predicted molar refractivity (Wildman–Crippen MR) is 160 cm³/mol. The average molecular weight is 507 g/mol. The van der Waals surface area contributed by atoms with Gasteiger partial charge in [0.15, 0.2) is 0 Å². The third-order valence-corrected chi connectivity index (χ3v) is 7.25. The Morgan fingerprint density at radius 3 is 1.81 bits per heavy atom. The lowest BCUT2D eigenvalue weighted by Gasteiger charge is -2.16. The summed E-state index contributed by atoms with van der Waals surface area (Å²) < 4.78 is 0. The van der Waals surface area contributed by atoms with Crippen LogP contribution in [0.3, 0.4) is 0 Å². The number of carboxylic acids is 1. The highest BCUT2D eigenvalue weighted by Gasteiger charge is 2.20. The monoisotopic (exact) mass is 506 g/mol. The van der Waals surface area contributed by atoms with Crippen LogP contribution in [0.5, 0.6) is 0 Å². The second kappa shape index (κ2) is 13.1. The molecule has 0 heterocycles. The van der Waals surface area contributed by atoms with Crippen LogP contribution < -0.4 is 0 Å². The third kappa shape index (κ3) is 8.24. The number of unbranched alkanes of at least 4 members (excludes halogenated alkanes) is 5. The average Bonchev–Trinajstić information content (AvgIpc) is 2.88. The number of hydrogen-bond acceptors (Lipinski definition) is 1. The van der Waals surface area contributed by atoms with Gasteiger partial charge in [0.1, 0.15) is 8.07 Å². The van der Waals surface area contributed by atoms with Gasteiger partial charge in [-0.2, -0.15) is 0 Å². The van der Waals surface area contributed by atoms with Crippen LogP contribution in [-0.4, -0.2) is 19.1 Å². The number of carboxylic acid groups (broad SMARTS) is 1. The Balaban J connectivity index is 2.05. The highest BCUT2D eigenvalue weighted by Crippen LogP contribution is 2.35. The molecular weight excluding hydrogens is 468 g/mol. The highest BCUT2D eigenvalue weighted by molar-refractivity contribution is 6.83. The van der Waals surface area contributed by atoms with Gasteiger partial charge in [-0.3, -0.25) is 0 Å². The van der Waals surface area contributed by atoms with Gasteiger partial charge < -0.3 is 5.11 Å². The molecule has 0 aliphatic rings. The zero-order valence-electron chi connectivity index (χ0n) is 22.7. The fourth-order valence-electron chi connectivity index (χ4n) is 4.38. The Labute approximate surface area is 224 Å². The minimum Gasteiger partial charge on any atom is -0.478 e. The molecule has 0 spiro atoms. The van der Waals surface area contributed by atoms with Gasteiger partial charge in [-0.05, 0) is 64.9 Å². The van der Waals surface area contributed by atoms with E-state index in [0.29, 0.717) is 5.56 Å². The van der Waals surface area contributed by atoms with E-state index in [1.165, 1.54) is 32.1 Å². The SMILES string of the molecule is C#Cc1ccc(-c2cc(CCCCCCCC)cc(-c3ccc(C#C[Si](C)(C)C)cc3)c2C(=O)O)cc1. The molecule has 0 aromatic heterocycles. The topological polar surface area (TPSA) is 37.3 Å². The molecule has 190 valence electrons. The molecule has 0 saturated heterocycles. The molecule has 0 aliphatic heterocycles. The summed E-state index contributed by atoms with van der Waals surface area (Å²) >= 11 is 0. The summed E-state index contributed by atoms with van der Waals surface area (Å²) in [5.74, 6) is 5.00. The van der Waals surface area contributed by atoms with Crippen molar-refractivity contribution in [3.05, 3.63) is 82.9 Å². The summed E-state index contributed by atoms with van der Waals surface area (Å²) in [6, 6.07) is 19.7. The molecule has 3 aromatic carbocycles. The van der Waals surface area contributed by atoms with Crippen molar-refractivity contribution in [1.82, 2.24) is 0 Å². The number of terminal acetylenes is 1. The van der Waals surface area contributed by atoms with Gasteiger partial charge in [0.05, 0.1) is 5.56 Å². The number of carbonyl (C=O) groups is 1. The van der Waals surface area contributed by atoms with Crippen LogP contribution in [0, 0.1) is 23.8 Å². The van der Waals surface area contributed by atoms with Crippen molar-refractivity contribution in [1.29, 1.82) is 0 Å². The molecule has 0 amide bonds. The van der Waals surface area contributed by atoms with Crippen LogP contribution in [0.4, 0.5) is 0 Å². The Morgan fingerprint density at radius 2 is 1.32 bits per heavy atom. The highest BCUT2D eigenvalue weighted by atomic mass is 28.3. The van der Waals surface area contributed by atoms with Crippen molar-refractivity contribution in [3.8, 4) is 46.1 Å². The second-order valence-corrected chi connectivity index (χ2v) is 15.4. The van der Waals surface area contributed by atoms with E-state index in [4.69, 9.17) is 6.42 Å². The first-order valence-electron chi connectivity index (χ1n) is 13.3. The molecule has 0 saturated carbocycles. The van der Waals surface area contributed by atoms with Crippen molar-refractivity contribution < 1.29 is 9.90 Å². The minimum atomic E-state index is -1.48. The lowest BCUT2D eigenvalue weighted by Crippen LogP contribution is -2.16. The molecular formula is C34H38O2Si. The first-order valence-corrected chi connectivity index (χ1v) is 16.8. The van der Waals surface area contributed by atoms with Gasteiger partial charge in [0, 0.05) is 11.1 Å². The third-order valence-electron chi connectivity index (χ3n) is 6.37. The second-order valence-electron chi connectivity index (χ2n) is 10.7. The first kappa shape index (κ1) is 28.0. The summed E-state index contributed by atoms with van der Waals surface area (Å²) in [6.07, 6.45) is 13.8.